The molecule has 11 heteroatoms. The van der Waals surface area contributed by atoms with Crippen molar-refractivity contribution in [2.24, 2.45) is 11.8 Å². The Morgan fingerprint density at radius 3 is 2.88 bits per heavy atom. The molecule has 2 amide bonds. The number of carboxylic acids is 1. The molecule has 6 atom stereocenters. The second-order valence-corrected chi connectivity index (χ2v) is 9.24. The van der Waals surface area contributed by atoms with Crippen molar-refractivity contribution in [2.75, 3.05) is 13.2 Å². The average molecular weight is 469 g/mol. The van der Waals surface area contributed by atoms with Crippen LogP contribution < -0.4 is 0 Å². The van der Waals surface area contributed by atoms with Gasteiger partial charge in [0.25, 0.3) is 0 Å². The number of hydrogen-bond acceptors (Lipinski definition) is 7. The fraction of sp³-hybridized carbons (Fsp3) is 0.522. The van der Waals surface area contributed by atoms with Gasteiger partial charge in [-0.05, 0) is 31.9 Å². The lowest BCUT2D eigenvalue weighted by Crippen LogP contribution is -2.58. The molecule has 0 saturated carbocycles. The minimum absolute atomic E-state index is 0.0595. The van der Waals surface area contributed by atoms with Gasteiger partial charge in [-0.2, -0.15) is 0 Å². The Labute approximate surface area is 195 Å². The van der Waals surface area contributed by atoms with E-state index >= 15 is 0 Å². The summed E-state index contributed by atoms with van der Waals surface area (Å²) in [6.45, 7) is 5.27. The summed E-state index contributed by atoms with van der Waals surface area (Å²) in [5.41, 5.74) is 0.183. The number of rotatable bonds is 8. The van der Waals surface area contributed by atoms with Crippen molar-refractivity contribution in [2.45, 2.75) is 50.2 Å². The second-order valence-electron chi connectivity index (χ2n) is 9.24. The normalized spacial score (nSPS) is 30.5. The van der Waals surface area contributed by atoms with E-state index in [1.807, 2.05) is 24.3 Å². The summed E-state index contributed by atoms with van der Waals surface area (Å²) in [4.78, 5) is 42.5. The molecule has 2 bridgehead atoms. The van der Waals surface area contributed by atoms with Crippen LogP contribution in [0.4, 0.5) is 0 Å². The van der Waals surface area contributed by atoms with Crippen LogP contribution in [-0.4, -0.2) is 89.7 Å². The second kappa shape index (κ2) is 8.17. The van der Waals surface area contributed by atoms with Crippen molar-refractivity contribution in [1.82, 2.24) is 24.8 Å². The Hall–Kier alpha value is -3.31. The lowest BCUT2D eigenvalue weighted by molar-refractivity contribution is -0.153. The highest BCUT2D eigenvalue weighted by Crippen LogP contribution is 2.58. The molecule has 1 spiro atoms. The molecule has 1 aromatic heterocycles. The predicted octanol–water partition coefficient (Wildman–Crippen LogP) is 0.243. The highest BCUT2D eigenvalue weighted by Gasteiger charge is 2.75. The van der Waals surface area contributed by atoms with Crippen LogP contribution in [0.3, 0.4) is 0 Å². The van der Waals surface area contributed by atoms with E-state index in [0.717, 1.165) is 5.52 Å². The van der Waals surface area contributed by atoms with E-state index in [0.29, 0.717) is 18.4 Å². The highest BCUT2D eigenvalue weighted by molar-refractivity contribution is 5.98. The molecule has 0 radical (unpaired) electrons. The molecule has 3 fully saturated rings. The first kappa shape index (κ1) is 22.5. The van der Waals surface area contributed by atoms with Crippen LogP contribution in [0.1, 0.15) is 19.8 Å². The SMILES string of the molecule is C=CCN(Cn1nnc2ccccc21)C(=O)[C@H]1N([C@H](C)CO)C(=O)[C@@H]2[C@@H](C(=O)O)[C@H]3CC[C@]21O3. The zero-order chi connectivity index (χ0) is 24.2. The summed E-state index contributed by atoms with van der Waals surface area (Å²) in [5.74, 6) is -3.95. The van der Waals surface area contributed by atoms with E-state index in [2.05, 4.69) is 16.9 Å². The molecule has 3 aliphatic heterocycles. The number of aliphatic hydroxyl groups is 1. The first-order valence-electron chi connectivity index (χ1n) is 11.4. The Kier molecular flexibility index (Phi) is 5.40. The van der Waals surface area contributed by atoms with Gasteiger partial charge in [0.05, 0.1) is 36.1 Å². The quantitative estimate of drug-likeness (QED) is 0.525. The van der Waals surface area contributed by atoms with Gasteiger partial charge in [-0.3, -0.25) is 14.4 Å². The van der Waals surface area contributed by atoms with Crippen molar-refractivity contribution in [1.29, 1.82) is 0 Å². The summed E-state index contributed by atoms with van der Waals surface area (Å²) in [7, 11) is 0. The van der Waals surface area contributed by atoms with E-state index in [-0.39, 0.29) is 19.8 Å². The molecule has 34 heavy (non-hydrogen) atoms. The Balaban J connectivity index is 1.54. The standard InChI is InChI=1S/C23H27N5O6/c1-3-10-26(12-27-15-7-5-4-6-14(15)24-25-27)21(31)19-23-9-8-16(34-23)17(22(32)33)18(23)20(30)28(19)13(2)11-29/h3-7,13,16-19,29H,1,8-12H2,2H3,(H,32,33)/t13-,16-,17+,18+,19-,23+/m1/s1. The third-order valence-electron chi connectivity index (χ3n) is 7.38. The number of ether oxygens (including phenoxy) is 1. The maximum absolute atomic E-state index is 14.1. The topological polar surface area (TPSA) is 138 Å². The smallest absolute Gasteiger partial charge is 0.310 e. The van der Waals surface area contributed by atoms with Crippen molar-refractivity contribution in [3.8, 4) is 0 Å². The van der Waals surface area contributed by atoms with Gasteiger partial charge < -0.3 is 24.7 Å². The molecular weight excluding hydrogens is 442 g/mol. The summed E-state index contributed by atoms with van der Waals surface area (Å²) in [5, 5.41) is 28.0. The van der Waals surface area contributed by atoms with Crippen LogP contribution >= 0.6 is 0 Å². The maximum atomic E-state index is 14.1. The molecule has 1 aromatic carbocycles. The largest absolute Gasteiger partial charge is 0.481 e. The van der Waals surface area contributed by atoms with Crippen LogP contribution in [0.25, 0.3) is 11.0 Å². The maximum Gasteiger partial charge on any atom is 0.310 e. The fourth-order valence-electron chi connectivity index (χ4n) is 5.94. The molecule has 0 unspecified atom stereocenters. The number of benzene rings is 1. The number of para-hydroxylation sites is 1. The lowest BCUT2D eigenvalue weighted by atomic mass is 9.70. The zero-order valence-corrected chi connectivity index (χ0v) is 18.8. The molecular formula is C23H27N5O6. The molecule has 3 aliphatic rings. The number of aromatic nitrogens is 3. The fourth-order valence-corrected chi connectivity index (χ4v) is 5.94. The average Bonchev–Trinajstić information content (AvgIpc) is 3.57. The first-order chi connectivity index (χ1) is 16.3. The number of fused-ring (bicyclic) bond motifs is 2. The minimum Gasteiger partial charge on any atom is -0.481 e. The van der Waals surface area contributed by atoms with Gasteiger partial charge in [-0.15, -0.1) is 11.7 Å². The van der Waals surface area contributed by atoms with Crippen molar-refractivity contribution < 1.29 is 29.3 Å². The van der Waals surface area contributed by atoms with E-state index in [1.54, 1.807) is 17.7 Å². The molecule has 4 heterocycles. The molecule has 180 valence electrons. The van der Waals surface area contributed by atoms with Crippen molar-refractivity contribution >= 4 is 28.8 Å². The number of carboxylic acid groups (broad SMARTS) is 1. The van der Waals surface area contributed by atoms with Gasteiger partial charge >= 0.3 is 5.97 Å². The van der Waals surface area contributed by atoms with Gasteiger partial charge in [0.1, 0.15) is 23.8 Å². The Bertz CT molecular complexity index is 1170. The number of carbonyl (C=O) groups excluding carboxylic acids is 2. The Morgan fingerprint density at radius 1 is 1.41 bits per heavy atom. The van der Waals surface area contributed by atoms with Crippen LogP contribution in [0.5, 0.6) is 0 Å². The van der Waals surface area contributed by atoms with Gasteiger partial charge in [0, 0.05) is 6.54 Å². The highest BCUT2D eigenvalue weighted by atomic mass is 16.5. The van der Waals surface area contributed by atoms with Crippen LogP contribution in [0.2, 0.25) is 0 Å². The number of amides is 2. The Morgan fingerprint density at radius 2 is 2.18 bits per heavy atom. The van der Waals surface area contributed by atoms with Gasteiger partial charge in [0.15, 0.2) is 0 Å². The minimum atomic E-state index is -1.24. The van der Waals surface area contributed by atoms with Crippen LogP contribution in [0, 0.1) is 11.8 Å². The molecule has 2 aromatic rings. The van der Waals surface area contributed by atoms with Crippen LogP contribution in [0.15, 0.2) is 36.9 Å². The summed E-state index contributed by atoms with van der Waals surface area (Å²) >= 11 is 0. The van der Waals surface area contributed by atoms with Gasteiger partial charge in [-0.1, -0.05) is 23.4 Å². The molecule has 0 aliphatic carbocycles. The third kappa shape index (κ3) is 3.07. The first-order valence-corrected chi connectivity index (χ1v) is 11.4. The van der Waals surface area contributed by atoms with Crippen LogP contribution in [-0.2, 0) is 25.8 Å². The van der Waals surface area contributed by atoms with E-state index in [4.69, 9.17) is 4.74 Å². The predicted molar refractivity (Wildman–Crippen MR) is 118 cm³/mol. The van der Waals surface area contributed by atoms with Gasteiger partial charge in [0.2, 0.25) is 11.8 Å². The number of hydrogen-bond donors (Lipinski definition) is 2. The van der Waals surface area contributed by atoms with Crippen molar-refractivity contribution in [3.63, 3.8) is 0 Å². The summed E-state index contributed by atoms with van der Waals surface area (Å²) < 4.78 is 7.78. The monoisotopic (exact) mass is 469 g/mol. The summed E-state index contributed by atoms with van der Waals surface area (Å²) in [6.07, 6.45) is 1.83. The third-order valence-corrected chi connectivity index (χ3v) is 7.38. The van der Waals surface area contributed by atoms with E-state index in [9.17, 15) is 24.6 Å². The molecule has 5 rings (SSSR count). The van der Waals surface area contributed by atoms with Gasteiger partial charge in [-0.25, -0.2) is 4.68 Å². The summed E-state index contributed by atoms with van der Waals surface area (Å²) in [6, 6.07) is 5.62. The molecule has 2 N–H and O–H groups in total. The number of carbonyl (C=O) groups is 3. The number of aliphatic carboxylic acids is 1. The zero-order valence-electron chi connectivity index (χ0n) is 18.8. The van der Waals surface area contributed by atoms with E-state index < -0.39 is 53.4 Å². The van der Waals surface area contributed by atoms with E-state index in [1.165, 1.54) is 9.80 Å². The van der Waals surface area contributed by atoms with Crippen molar-refractivity contribution in [3.05, 3.63) is 36.9 Å². The number of aliphatic hydroxyl groups excluding tert-OH is 1. The molecule has 3 saturated heterocycles. The number of likely N-dealkylation sites (tertiary alicyclic amines) is 1. The molecule has 11 nitrogen and oxygen atoms in total. The number of nitrogens with zero attached hydrogens (tertiary/aromatic N) is 5. The lowest BCUT2D eigenvalue weighted by Gasteiger charge is -2.38.